The molecular weight excluding hydrogens is 593 g/mol. The molecule has 0 spiro atoms. The average Bonchev–Trinajstić information content (AvgIpc) is 3.35. The zero-order valence-electron chi connectivity index (χ0n) is 29.4. The Hall–Kier alpha value is -4.55. The van der Waals surface area contributed by atoms with Gasteiger partial charge in [0.05, 0.1) is 19.3 Å². The first-order valence-electron chi connectivity index (χ1n) is 16.4. The van der Waals surface area contributed by atoms with Crippen LogP contribution in [0.2, 0.25) is 19.6 Å². The Morgan fingerprint density at radius 1 is 0.660 bits per heavy atom. The highest BCUT2D eigenvalue weighted by atomic mass is 28.3. The molecular formula is C41H46N4OSi. The van der Waals surface area contributed by atoms with Crippen molar-refractivity contribution in [3.63, 3.8) is 0 Å². The van der Waals surface area contributed by atoms with Gasteiger partial charge in [0.15, 0.2) is 5.65 Å². The first-order chi connectivity index (χ1) is 22.0. The van der Waals surface area contributed by atoms with Gasteiger partial charge in [-0.15, -0.1) is 0 Å². The summed E-state index contributed by atoms with van der Waals surface area (Å²) < 4.78 is 1.98. The number of aryl methyl sites for hydroxylation is 1. The van der Waals surface area contributed by atoms with E-state index in [-0.39, 0.29) is 16.6 Å². The van der Waals surface area contributed by atoms with E-state index in [1.54, 1.807) is 6.07 Å². The number of fused-ring (bicyclic) bond motifs is 1. The van der Waals surface area contributed by atoms with Gasteiger partial charge in [0.25, 0.3) is 0 Å². The minimum Gasteiger partial charge on any atom is -0.507 e. The topological polar surface area (TPSA) is 63.8 Å². The summed E-state index contributed by atoms with van der Waals surface area (Å²) in [6, 6.07) is 27.6. The summed E-state index contributed by atoms with van der Waals surface area (Å²) in [7, 11) is 0.302. The minimum atomic E-state index is -1.67. The minimum absolute atomic E-state index is 0.0675. The van der Waals surface area contributed by atoms with Crippen molar-refractivity contribution in [2.75, 3.05) is 0 Å². The number of phenolic OH excluding ortho intramolecular Hbond substituents is 1. The number of aromatic hydroxyl groups is 1. The van der Waals surface area contributed by atoms with Crippen LogP contribution in [0.1, 0.15) is 52.7 Å². The maximum Gasteiger partial charge on any atom is 0.160 e. The molecule has 0 aliphatic rings. The Kier molecular flexibility index (Phi) is 8.00. The van der Waals surface area contributed by atoms with Crippen LogP contribution in [0.4, 0.5) is 0 Å². The van der Waals surface area contributed by atoms with E-state index in [0.29, 0.717) is 11.4 Å². The zero-order chi connectivity index (χ0) is 33.9. The van der Waals surface area contributed by atoms with E-state index >= 15 is 0 Å². The second-order valence-corrected chi connectivity index (χ2v) is 20.8. The van der Waals surface area contributed by atoms with Crippen molar-refractivity contribution in [3.8, 4) is 50.6 Å². The number of rotatable bonds is 5. The average molecular weight is 639 g/mol. The van der Waals surface area contributed by atoms with Crippen molar-refractivity contribution < 1.29 is 5.11 Å². The van der Waals surface area contributed by atoms with E-state index < -0.39 is 8.07 Å². The number of pyridine rings is 2. The second kappa shape index (κ2) is 11.6. The highest BCUT2D eigenvalue weighted by Crippen LogP contribution is 2.39. The normalized spacial score (nSPS) is 12.6. The molecule has 0 bridgehead atoms. The molecule has 0 atom stereocenters. The molecule has 0 unspecified atom stereocenters. The molecule has 0 saturated carbocycles. The maximum absolute atomic E-state index is 11.0. The predicted octanol–water partition coefficient (Wildman–Crippen LogP) is 9.88. The number of benzene rings is 3. The van der Waals surface area contributed by atoms with E-state index in [1.807, 2.05) is 29.9 Å². The monoisotopic (exact) mass is 638 g/mol. The molecule has 0 fully saturated rings. The third kappa shape index (κ3) is 6.27. The second-order valence-electron chi connectivity index (χ2n) is 15.8. The van der Waals surface area contributed by atoms with Crippen LogP contribution in [0.3, 0.4) is 0 Å². The lowest BCUT2D eigenvalue weighted by atomic mass is 9.83. The fraction of sp³-hybridized carbons (Fsp3) is 0.293. The van der Waals surface area contributed by atoms with Gasteiger partial charge in [0, 0.05) is 30.6 Å². The van der Waals surface area contributed by atoms with E-state index in [4.69, 9.17) is 15.0 Å². The summed E-state index contributed by atoms with van der Waals surface area (Å²) >= 11 is 0. The highest BCUT2D eigenvalue weighted by molar-refractivity contribution is 6.89. The Morgan fingerprint density at radius 2 is 1.34 bits per heavy atom. The molecule has 3 heterocycles. The van der Waals surface area contributed by atoms with Crippen LogP contribution in [0.5, 0.6) is 5.75 Å². The Morgan fingerprint density at radius 3 is 2.00 bits per heavy atom. The lowest BCUT2D eigenvalue weighted by Gasteiger charge is -2.23. The number of nitrogens with zero attached hydrogens (tertiary/aromatic N) is 4. The fourth-order valence-electron chi connectivity index (χ4n) is 6.17. The van der Waals surface area contributed by atoms with Gasteiger partial charge < -0.3 is 9.67 Å². The van der Waals surface area contributed by atoms with Gasteiger partial charge in [0.2, 0.25) is 0 Å². The highest BCUT2D eigenvalue weighted by Gasteiger charge is 2.25. The van der Waals surface area contributed by atoms with Crippen molar-refractivity contribution >= 4 is 24.4 Å². The van der Waals surface area contributed by atoms with Crippen LogP contribution in [0.15, 0.2) is 91.3 Å². The van der Waals surface area contributed by atoms with Gasteiger partial charge >= 0.3 is 0 Å². The fourth-order valence-corrected chi connectivity index (χ4v) is 7.64. The zero-order valence-corrected chi connectivity index (χ0v) is 30.4. The maximum atomic E-state index is 11.0. The van der Waals surface area contributed by atoms with Crippen molar-refractivity contribution in [2.24, 2.45) is 7.05 Å². The van der Waals surface area contributed by atoms with Crippen molar-refractivity contribution in [1.82, 2.24) is 19.5 Å². The van der Waals surface area contributed by atoms with E-state index in [0.717, 1.165) is 39.1 Å². The molecule has 3 aromatic carbocycles. The molecule has 6 rings (SSSR count). The quantitative estimate of drug-likeness (QED) is 0.191. The first-order valence-corrected chi connectivity index (χ1v) is 19.9. The molecule has 0 amide bonds. The van der Waals surface area contributed by atoms with Crippen molar-refractivity contribution in [2.45, 2.75) is 72.0 Å². The lowest BCUT2D eigenvalue weighted by molar-refractivity contribution is 0.475. The van der Waals surface area contributed by atoms with E-state index in [2.05, 4.69) is 128 Å². The summed E-state index contributed by atoms with van der Waals surface area (Å²) in [4.78, 5) is 15.0. The van der Waals surface area contributed by atoms with Crippen LogP contribution >= 0.6 is 0 Å². The molecule has 6 aromatic rings. The Labute approximate surface area is 280 Å². The Balaban J connectivity index is 1.56. The van der Waals surface area contributed by atoms with Gasteiger partial charge in [-0.25, -0.2) is 9.97 Å². The summed E-state index contributed by atoms with van der Waals surface area (Å²) in [5.74, 6) is 0.892. The van der Waals surface area contributed by atoms with Crippen LogP contribution in [0.25, 0.3) is 56.1 Å². The van der Waals surface area contributed by atoms with Gasteiger partial charge in [-0.05, 0) is 80.2 Å². The van der Waals surface area contributed by atoms with Crippen molar-refractivity contribution in [3.05, 3.63) is 102 Å². The van der Waals surface area contributed by atoms with Gasteiger partial charge in [-0.3, -0.25) is 4.98 Å². The largest absolute Gasteiger partial charge is 0.507 e. The molecule has 0 aliphatic heterocycles. The summed E-state index contributed by atoms with van der Waals surface area (Å²) in [5, 5.41) is 12.3. The smallest absolute Gasteiger partial charge is 0.160 e. The molecule has 240 valence electrons. The van der Waals surface area contributed by atoms with Crippen LogP contribution in [-0.2, 0) is 17.9 Å². The van der Waals surface area contributed by atoms with Crippen LogP contribution in [-0.4, -0.2) is 32.7 Å². The summed E-state index contributed by atoms with van der Waals surface area (Å²) in [5.41, 5.74) is 11.0. The third-order valence-electron chi connectivity index (χ3n) is 9.06. The van der Waals surface area contributed by atoms with Gasteiger partial charge in [-0.2, -0.15) is 0 Å². The van der Waals surface area contributed by atoms with Gasteiger partial charge in [0.1, 0.15) is 17.1 Å². The molecule has 1 N–H and O–H groups in total. The van der Waals surface area contributed by atoms with Crippen LogP contribution in [0, 0.1) is 0 Å². The van der Waals surface area contributed by atoms with Gasteiger partial charge in [-0.1, -0.05) is 104 Å². The third-order valence-corrected chi connectivity index (χ3v) is 11.1. The summed E-state index contributed by atoms with van der Waals surface area (Å²) in [6.45, 7) is 20.4. The molecule has 5 nitrogen and oxygen atoms in total. The number of aromatic nitrogens is 4. The Bertz CT molecular complexity index is 2110. The van der Waals surface area contributed by atoms with Crippen LogP contribution < -0.4 is 5.19 Å². The van der Waals surface area contributed by atoms with E-state index in [9.17, 15) is 5.11 Å². The molecule has 3 aromatic heterocycles. The summed E-state index contributed by atoms with van der Waals surface area (Å²) in [6.07, 6.45) is 3.97. The molecule has 6 heteroatoms. The first kappa shape index (κ1) is 32.4. The number of hydrogen-bond acceptors (Lipinski definition) is 4. The van der Waals surface area contributed by atoms with Crippen molar-refractivity contribution in [1.29, 1.82) is 0 Å². The molecule has 0 saturated heterocycles. The predicted molar refractivity (Wildman–Crippen MR) is 200 cm³/mol. The van der Waals surface area contributed by atoms with E-state index in [1.165, 1.54) is 21.9 Å². The number of phenols is 1. The molecule has 0 aliphatic carbocycles. The standard InChI is InChI=1S/C41H46N4OSi/c1-40(2,3)29-16-17-35(46)33(23-29)38-44-37-31(18-19-42-39(37)45(38)7)27-20-28(22-30(21-27)41(4,5)6)34-24-32(26-14-12-11-13-15-26)36(25-43-34)47(8,9)10/h11-25,46H,1-10H3. The number of imidazole rings is 1. The molecule has 47 heavy (non-hydrogen) atoms. The SMILES string of the molecule is Cn1c(-c2cc(C(C)(C)C)ccc2O)nc2c(-c3cc(-c4cc(-c5ccccc5)c([Si](C)(C)C)cn4)cc(C(C)(C)C)c3)ccnc21. The lowest BCUT2D eigenvalue weighted by Crippen LogP contribution is -2.39. The molecule has 0 radical (unpaired) electrons. The number of hydrogen-bond donors (Lipinski definition) is 1.